The Labute approximate surface area is 177 Å². The third kappa shape index (κ3) is 3.52. The Morgan fingerprint density at radius 3 is 2.38 bits per heavy atom. The lowest BCUT2D eigenvalue weighted by atomic mass is 9.88. The van der Waals surface area contributed by atoms with Crippen molar-refractivity contribution >= 4 is 33.3 Å². The van der Waals surface area contributed by atoms with Crippen LogP contribution in [0.15, 0.2) is 77.3 Å². The fraction of sp³-hybridized carbons (Fsp3) is 0.167. The highest BCUT2D eigenvalue weighted by Gasteiger charge is 2.50. The maximum absolute atomic E-state index is 13.3. The molecule has 146 valence electrons. The molecule has 0 aromatic heterocycles. The van der Waals surface area contributed by atoms with Crippen molar-refractivity contribution < 1.29 is 14.7 Å². The summed E-state index contributed by atoms with van der Waals surface area (Å²) in [5.41, 5.74) is 1.78. The molecule has 5 heteroatoms. The standard InChI is InChI=1S/C24H20BrNO3/c1-16-6-2-3-7-18(16)15-26-21-9-5-4-8-20(21)24(29,23(26)28)14-22(27)17-10-12-19(25)13-11-17/h2-13,29H,14-15H2,1H3. The van der Waals surface area contributed by atoms with E-state index in [1.807, 2.05) is 43.3 Å². The number of amides is 1. The van der Waals surface area contributed by atoms with Crippen LogP contribution >= 0.6 is 15.9 Å². The molecule has 0 spiro atoms. The highest BCUT2D eigenvalue weighted by atomic mass is 79.9. The minimum Gasteiger partial charge on any atom is -0.375 e. The zero-order valence-electron chi connectivity index (χ0n) is 15.9. The van der Waals surface area contributed by atoms with Gasteiger partial charge in [-0.15, -0.1) is 0 Å². The first-order valence-corrected chi connectivity index (χ1v) is 10.2. The van der Waals surface area contributed by atoms with Gasteiger partial charge in [-0.2, -0.15) is 0 Å². The number of rotatable bonds is 5. The molecular formula is C24H20BrNO3. The zero-order chi connectivity index (χ0) is 20.6. The fourth-order valence-corrected chi connectivity index (χ4v) is 4.03. The molecule has 1 N–H and O–H groups in total. The van der Waals surface area contributed by atoms with Crippen molar-refractivity contribution in [3.63, 3.8) is 0 Å². The van der Waals surface area contributed by atoms with E-state index in [9.17, 15) is 14.7 Å². The maximum atomic E-state index is 13.3. The maximum Gasteiger partial charge on any atom is 0.264 e. The number of halogens is 1. The van der Waals surface area contributed by atoms with Gasteiger partial charge in [0, 0.05) is 15.6 Å². The average Bonchev–Trinajstić information content (AvgIpc) is 2.92. The summed E-state index contributed by atoms with van der Waals surface area (Å²) >= 11 is 3.35. The molecule has 3 aromatic carbocycles. The quantitative estimate of drug-likeness (QED) is 0.570. The van der Waals surface area contributed by atoms with E-state index in [0.29, 0.717) is 23.4 Å². The molecule has 0 radical (unpaired) electrons. The van der Waals surface area contributed by atoms with E-state index in [2.05, 4.69) is 15.9 Å². The van der Waals surface area contributed by atoms with Crippen LogP contribution in [0.25, 0.3) is 0 Å². The van der Waals surface area contributed by atoms with Gasteiger partial charge in [-0.1, -0.05) is 70.5 Å². The summed E-state index contributed by atoms with van der Waals surface area (Å²) in [6, 6.07) is 21.9. The smallest absolute Gasteiger partial charge is 0.264 e. The number of para-hydroxylation sites is 1. The molecule has 1 aliphatic rings. The number of fused-ring (bicyclic) bond motifs is 1. The molecule has 0 aliphatic carbocycles. The summed E-state index contributed by atoms with van der Waals surface area (Å²) in [7, 11) is 0. The molecule has 29 heavy (non-hydrogen) atoms. The van der Waals surface area contributed by atoms with Crippen molar-refractivity contribution in [1.29, 1.82) is 0 Å². The minimum atomic E-state index is -1.87. The molecule has 3 aromatic rings. The number of hydrogen-bond acceptors (Lipinski definition) is 3. The lowest BCUT2D eigenvalue weighted by molar-refractivity contribution is -0.136. The molecule has 0 saturated heterocycles. The summed E-state index contributed by atoms with van der Waals surface area (Å²) in [4.78, 5) is 27.8. The highest BCUT2D eigenvalue weighted by Crippen LogP contribution is 2.43. The highest BCUT2D eigenvalue weighted by molar-refractivity contribution is 9.10. The van der Waals surface area contributed by atoms with Gasteiger partial charge in [-0.3, -0.25) is 9.59 Å². The number of nitrogens with zero attached hydrogens (tertiary/aromatic N) is 1. The van der Waals surface area contributed by atoms with Crippen molar-refractivity contribution in [2.45, 2.75) is 25.5 Å². The fourth-order valence-electron chi connectivity index (χ4n) is 3.76. The van der Waals surface area contributed by atoms with Crippen molar-refractivity contribution in [3.8, 4) is 0 Å². The van der Waals surface area contributed by atoms with E-state index in [0.717, 1.165) is 15.6 Å². The van der Waals surface area contributed by atoms with Crippen molar-refractivity contribution in [2.24, 2.45) is 0 Å². The number of benzene rings is 3. The van der Waals surface area contributed by atoms with E-state index in [-0.39, 0.29) is 12.2 Å². The van der Waals surface area contributed by atoms with E-state index in [1.54, 1.807) is 41.3 Å². The average molecular weight is 450 g/mol. The first kappa shape index (κ1) is 19.6. The van der Waals surface area contributed by atoms with Crippen LogP contribution in [-0.2, 0) is 16.9 Å². The first-order valence-electron chi connectivity index (χ1n) is 9.37. The second-order valence-corrected chi connectivity index (χ2v) is 8.22. The van der Waals surface area contributed by atoms with Gasteiger partial charge in [-0.25, -0.2) is 0 Å². The second kappa shape index (κ2) is 7.58. The Morgan fingerprint density at radius 2 is 1.66 bits per heavy atom. The summed E-state index contributed by atoms with van der Waals surface area (Å²) in [5.74, 6) is -0.742. The summed E-state index contributed by atoms with van der Waals surface area (Å²) < 4.78 is 0.861. The summed E-state index contributed by atoms with van der Waals surface area (Å²) in [6.45, 7) is 2.34. The van der Waals surface area contributed by atoms with Crippen LogP contribution < -0.4 is 4.90 Å². The molecule has 1 unspecified atom stereocenters. The molecule has 0 fully saturated rings. The van der Waals surface area contributed by atoms with E-state index in [4.69, 9.17) is 0 Å². The SMILES string of the molecule is Cc1ccccc1CN1C(=O)C(O)(CC(=O)c2ccc(Br)cc2)c2ccccc21. The van der Waals surface area contributed by atoms with Gasteiger partial charge in [-0.05, 0) is 36.2 Å². The number of carbonyl (C=O) groups excluding carboxylic acids is 2. The van der Waals surface area contributed by atoms with Crippen LogP contribution in [0.1, 0.15) is 33.5 Å². The molecule has 4 nitrogen and oxygen atoms in total. The van der Waals surface area contributed by atoms with Crippen molar-refractivity contribution in [2.75, 3.05) is 4.90 Å². The monoisotopic (exact) mass is 449 g/mol. The van der Waals surface area contributed by atoms with E-state index >= 15 is 0 Å². The summed E-state index contributed by atoms with van der Waals surface area (Å²) in [6.07, 6.45) is -0.297. The van der Waals surface area contributed by atoms with Gasteiger partial charge in [0.2, 0.25) is 0 Å². The lowest BCUT2D eigenvalue weighted by Gasteiger charge is -2.23. The van der Waals surface area contributed by atoms with Crippen LogP contribution in [0.5, 0.6) is 0 Å². The number of ketones is 1. The molecule has 0 bridgehead atoms. The second-order valence-electron chi connectivity index (χ2n) is 7.30. The normalized spacial score (nSPS) is 18.0. The van der Waals surface area contributed by atoms with Crippen molar-refractivity contribution in [3.05, 3.63) is 99.5 Å². The van der Waals surface area contributed by atoms with Crippen molar-refractivity contribution in [1.82, 2.24) is 0 Å². The minimum absolute atomic E-state index is 0.277. The molecule has 0 saturated carbocycles. The predicted octanol–water partition coefficient (Wildman–Crippen LogP) is 4.76. The van der Waals surface area contributed by atoms with Crippen LogP contribution in [0.2, 0.25) is 0 Å². The third-order valence-electron chi connectivity index (χ3n) is 5.41. The Bertz CT molecular complexity index is 1090. The predicted molar refractivity (Wildman–Crippen MR) is 116 cm³/mol. The van der Waals surface area contributed by atoms with Crippen LogP contribution in [-0.4, -0.2) is 16.8 Å². The topological polar surface area (TPSA) is 57.6 Å². The van der Waals surface area contributed by atoms with Gasteiger partial charge in [0.25, 0.3) is 5.91 Å². The molecule has 4 rings (SSSR count). The van der Waals surface area contributed by atoms with Gasteiger partial charge in [0.05, 0.1) is 18.7 Å². The van der Waals surface area contributed by atoms with E-state index in [1.165, 1.54) is 0 Å². The first-order chi connectivity index (χ1) is 13.9. The number of carbonyl (C=O) groups is 2. The van der Waals surface area contributed by atoms with Crippen LogP contribution in [0.4, 0.5) is 5.69 Å². The summed E-state index contributed by atoms with van der Waals surface area (Å²) in [5, 5.41) is 11.4. The Morgan fingerprint density at radius 1 is 1.00 bits per heavy atom. The Balaban J connectivity index is 1.69. The Kier molecular flexibility index (Phi) is 5.11. The number of hydrogen-bond donors (Lipinski definition) is 1. The molecule has 1 heterocycles. The largest absolute Gasteiger partial charge is 0.375 e. The van der Waals surface area contributed by atoms with Gasteiger partial charge in [0.15, 0.2) is 11.4 Å². The lowest BCUT2D eigenvalue weighted by Crippen LogP contribution is -2.41. The van der Waals surface area contributed by atoms with Crippen LogP contribution in [0.3, 0.4) is 0 Å². The Hall–Kier alpha value is -2.76. The number of anilines is 1. The van der Waals surface area contributed by atoms with Gasteiger partial charge in [0.1, 0.15) is 0 Å². The van der Waals surface area contributed by atoms with E-state index < -0.39 is 11.5 Å². The molecule has 1 amide bonds. The molecular weight excluding hydrogens is 430 g/mol. The van der Waals surface area contributed by atoms with Crippen LogP contribution in [0, 0.1) is 6.92 Å². The number of Topliss-reactive ketones (excluding diaryl/α,β-unsaturated/α-hetero) is 1. The van der Waals surface area contributed by atoms with Gasteiger partial charge < -0.3 is 10.0 Å². The molecule has 1 aliphatic heterocycles. The zero-order valence-corrected chi connectivity index (χ0v) is 17.5. The number of aryl methyl sites for hydroxylation is 1. The molecule has 1 atom stereocenters. The number of aliphatic hydroxyl groups is 1. The van der Waals surface area contributed by atoms with Gasteiger partial charge >= 0.3 is 0 Å². The third-order valence-corrected chi connectivity index (χ3v) is 5.94.